The zero-order valence-corrected chi connectivity index (χ0v) is 17.2. The molecule has 5 heterocycles. The van der Waals surface area contributed by atoms with E-state index in [1.165, 1.54) is 6.42 Å². The van der Waals surface area contributed by atoms with Crippen molar-refractivity contribution < 1.29 is 4.74 Å². The second-order valence-electron chi connectivity index (χ2n) is 8.53. The van der Waals surface area contributed by atoms with Gasteiger partial charge >= 0.3 is 0 Å². The van der Waals surface area contributed by atoms with Crippen LogP contribution in [0, 0.1) is 13.8 Å². The van der Waals surface area contributed by atoms with Crippen LogP contribution >= 0.6 is 0 Å². The zero-order chi connectivity index (χ0) is 20.3. The molecule has 9 nitrogen and oxygen atoms in total. The van der Waals surface area contributed by atoms with E-state index in [-0.39, 0.29) is 5.60 Å². The second-order valence-corrected chi connectivity index (χ2v) is 8.53. The highest BCUT2D eigenvalue weighted by Gasteiger charge is 2.42. The van der Waals surface area contributed by atoms with Crippen molar-refractivity contribution in [2.75, 3.05) is 11.9 Å². The van der Waals surface area contributed by atoms with Crippen molar-refractivity contribution in [3.05, 3.63) is 36.0 Å². The molecule has 30 heavy (non-hydrogen) atoms. The minimum Gasteiger partial charge on any atom is -0.375 e. The van der Waals surface area contributed by atoms with Gasteiger partial charge < -0.3 is 10.1 Å². The van der Waals surface area contributed by atoms with Gasteiger partial charge in [-0.15, -0.1) is 0 Å². The molecule has 0 aromatic carbocycles. The number of ether oxygens (including phenoxy) is 1. The smallest absolute Gasteiger partial charge is 0.229 e. The second kappa shape index (κ2) is 6.46. The van der Waals surface area contributed by atoms with Crippen molar-refractivity contribution in [2.45, 2.75) is 57.6 Å². The fourth-order valence-corrected chi connectivity index (χ4v) is 4.75. The van der Waals surface area contributed by atoms with E-state index in [0.29, 0.717) is 12.0 Å². The molecule has 6 rings (SSSR count). The number of anilines is 2. The predicted octanol–water partition coefficient (Wildman–Crippen LogP) is 3.50. The number of aromatic nitrogens is 7. The lowest BCUT2D eigenvalue weighted by molar-refractivity contribution is -0.169. The Morgan fingerprint density at radius 1 is 1.17 bits per heavy atom. The van der Waals surface area contributed by atoms with Crippen LogP contribution in [0.1, 0.15) is 49.4 Å². The Hall–Kier alpha value is -3.07. The van der Waals surface area contributed by atoms with Crippen molar-refractivity contribution in [2.24, 2.45) is 0 Å². The lowest BCUT2D eigenvalue weighted by atomic mass is 9.77. The van der Waals surface area contributed by atoms with Crippen LogP contribution in [0.5, 0.6) is 0 Å². The first kappa shape index (κ1) is 17.8. The zero-order valence-electron chi connectivity index (χ0n) is 17.2. The summed E-state index contributed by atoms with van der Waals surface area (Å²) in [6, 6.07) is 2.34. The summed E-state index contributed by atoms with van der Waals surface area (Å²) in [6.45, 7) is 4.97. The third-order valence-corrected chi connectivity index (χ3v) is 6.68. The van der Waals surface area contributed by atoms with Crippen LogP contribution in [-0.4, -0.2) is 46.6 Å². The molecule has 4 aromatic heterocycles. The first-order valence-corrected chi connectivity index (χ1v) is 10.5. The van der Waals surface area contributed by atoms with E-state index >= 15 is 0 Å². The molecular formula is C21H24N8O. The molecule has 2 aliphatic rings. The average molecular weight is 404 g/mol. The first-order chi connectivity index (χ1) is 14.6. The molecule has 1 N–H and O–H groups in total. The molecule has 1 aliphatic heterocycles. The number of rotatable bonds is 3. The van der Waals surface area contributed by atoms with Gasteiger partial charge in [0.05, 0.1) is 41.2 Å². The van der Waals surface area contributed by atoms with Crippen molar-refractivity contribution in [1.29, 1.82) is 0 Å². The monoisotopic (exact) mass is 404 g/mol. The Morgan fingerprint density at radius 3 is 2.77 bits per heavy atom. The fraction of sp³-hybridized carbons (Fsp3) is 0.476. The maximum absolute atomic E-state index is 5.88. The lowest BCUT2D eigenvalue weighted by Crippen LogP contribution is -2.46. The Balaban J connectivity index is 1.33. The van der Waals surface area contributed by atoms with Gasteiger partial charge in [0, 0.05) is 6.20 Å². The van der Waals surface area contributed by atoms with Gasteiger partial charge in [-0.3, -0.25) is 0 Å². The Labute approximate surface area is 173 Å². The van der Waals surface area contributed by atoms with Crippen LogP contribution in [0.4, 0.5) is 11.6 Å². The van der Waals surface area contributed by atoms with Crippen LogP contribution in [0.2, 0.25) is 0 Å². The molecule has 0 unspecified atom stereocenters. The van der Waals surface area contributed by atoms with Crippen molar-refractivity contribution >= 4 is 28.3 Å². The van der Waals surface area contributed by atoms with Gasteiger partial charge in [-0.25, -0.2) is 19.2 Å². The number of fused-ring (bicyclic) bond motifs is 2. The number of pyridine rings is 1. The van der Waals surface area contributed by atoms with Gasteiger partial charge in [0.25, 0.3) is 0 Å². The van der Waals surface area contributed by atoms with E-state index in [9.17, 15) is 0 Å². The minimum absolute atomic E-state index is 0.147. The summed E-state index contributed by atoms with van der Waals surface area (Å²) >= 11 is 0. The largest absolute Gasteiger partial charge is 0.375 e. The molecule has 0 bridgehead atoms. The van der Waals surface area contributed by atoms with Gasteiger partial charge in [0.15, 0.2) is 11.3 Å². The summed E-state index contributed by atoms with van der Waals surface area (Å²) in [5.41, 5.74) is 4.78. The summed E-state index contributed by atoms with van der Waals surface area (Å²) in [5, 5.41) is 13.4. The number of nitrogens with zero attached hydrogens (tertiary/aromatic N) is 7. The molecule has 0 atom stereocenters. The quantitative estimate of drug-likeness (QED) is 0.558. The normalized spacial score (nSPS) is 23.9. The van der Waals surface area contributed by atoms with E-state index in [1.807, 2.05) is 32.3 Å². The summed E-state index contributed by atoms with van der Waals surface area (Å²) < 4.78 is 9.73. The summed E-state index contributed by atoms with van der Waals surface area (Å²) in [7, 11) is 0. The van der Waals surface area contributed by atoms with E-state index in [2.05, 4.69) is 25.1 Å². The van der Waals surface area contributed by atoms with E-state index in [1.54, 1.807) is 10.8 Å². The molecule has 2 fully saturated rings. The van der Waals surface area contributed by atoms with Crippen LogP contribution in [0.3, 0.4) is 0 Å². The van der Waals surface area contributed by atoms with Crippen molar-refractivity contribution in [1.82, 2.24) is 34.3 Å². The predicted molar refractivity (Wildman–Crippen MR) is 112 cm³/mol. The van der Waals surface area contributed by atoms with Gasteiger partial charge in [-0.1, -0.05) is 0 Å². The molecule has 0 amide bonds. The molecule has 1 aliphatic carbocycles. The molecule has 154 valence electrons. The summed E-state index contributed by atoms with van der Waals surface area (Å²) in [5.74, 6) is 0.556. The van der Waals surface area contributed by atoms with E-state index in [4.69, 9.17) is 14.8 Å². The van der Waals surface area contributed by atoms with E-state index in [0.717, 1.165) is 65.9 Å². The van der Waals surface area contributed by atoms with Crippen LogP contribution in [-0.2, 0) is 4.74 Å². The van der Waals surface area contributed by atoms with Gasteiger partial charge in [-0.05, 0) is 57.6 Å². The lowest BCUT2D eigenvalue weighted by Gasteiger charge is -2.46. The Kier molecular flexibility index (Phi) is 3.83. The van der Waals surface area contributed by atoms with Crippen LogP contribution in [0.25, 0.3) is 16.7 Å². The Morgan fingerprint density at radius 2 is 2.00 bits per heavy atom. The molecular weight excluding hydrogens is 380 g/mol. The molecule has 0 radical (unpaired) electrons. The average Bonchev–Trinajstić information content (AvgIpc) is 3.31. The minimum atomic E-state index is 0.147. The topological polar surface area (TPSA) is 95.1 Å². The number of nitrogens with one attached hydrogen (secondary N) is 1. The number of hydrogen-bond acceptors (Lipinski definition) is 7. The molecule has 1 saturated carbocycles. The third kappa shape index (κ3) is 2.76. The first-order valence-electron chi connectivity index (χ1n) is 10.5. The van der Waals surface area contributed by atoms with Crippen LogP contribution < -0.4 is 5.32 Å². The highest BCUT2D eigenvalue weighted by molar-refractivity contribution is 5.79. The third-order valence-electron chi connectivity index (χ3n) is 6.68. The summed E-state index contributed by atoms with van der Waals surface area (Å²) in [4.78, 5) is 13.6. The van der Waals surface area contributed by atoms with E-state index < -0.39 is 0 Å². The number of hydrogen-bond donors (Lipinski definition) is 1. The maximum atomic E-state index is 5.88. The molecule has 1 saturated heterocycles. The standard InChI is InChI=1S/C21H24N8O/c1-13-9-18-23-12-24-28(18)11-17(13)25-20-22-10-16-14(2)27-29(19(16)26-20)15-3-5-21(6-4-15)7-8-30-21/h9-12,15H,3-8H2,1-2H3,(H,22,25,26). The van der Waals surface area contributed by atoms with Gasteiger partial charge in [0.1, 0.15) is 6.33 Å². The molecule has 1 spiro atoms. The number of aryl methyl sites for hydroxylation is 2. The maximum Gasteiger partial charge on any atom is 0.229 e. The molecule has 9 heteroatoms. The summed E-state index contributed by atoms with van der Waals surface area (Å²) in [6.07, 6.45) is 10.9. The Bertz CT molecular complexity index is 1240. The van der Waals surface area contributed by atoms with Gasteiger partial charge in [-0.2, -0.15) is 15.2 Å². The van der Waals surface area contributed by atoms with Crippen LogP contribution in [0.15, 0.2) is 24.8 Å². The highest BCUT2D eigenvalue weighted by atomic mass is 16.5. The fourth-order valence-electron chi connectivity index (χ4n) is 4.75. The van der Waals surface area contributed by atoms with Crippen molar-refractivity contribution in [3.63, 3.8) is 0 Å². The van der Waals surface area contributed by atoms with Crippen molar-refractivity contribution in [3.8, 4) is 0 Å². The highest BCUT2D eigenvalue weighted by Crippen LogP contribution is 2.44. The molecule has 4 aromatic rings. The van der Waals surface area contributed by atoms with Gasteiger partial charge in [0.2, 0.25) is 5.95 Å². The SMILES string of the molecule is Cc1cc2ncnn2cc1Nc1ncc2c(C)nn(C3CCC4(CCO4)CC3)c2n1.